The molecule has 0 atom stereocenters. The van der Waals surface area contributed by atoms with Crippen molar-refractivity contribution in [3.63, 3.8) is 0 Å². The van der Waals surface area contributed by atoms with Crippen molar-refractivity contribution in [2.75, 3.05) is 19.8 Å². The van der Waals surface area contributed by atoms with Gasteiger partial charge in [-0.3, -0.25) is 0 Å². The van der Waals surface area contributed by atoms with Crippen LogP contribution < -0.4 is 9.88 Å². The van der Waals surface area contributed by atoms with Crippen molar-refractivity contribution in [1.29, 1.82) is 0 Å². The van der Waals surface area contributed by atoms with Crippen LogP contribution in [0.2, 0.25) is 0 Å². The Morgan fingerprint density at radius 1 is 1.30 bits per heavy atom. The minimum absolute atomic E-state index is 0.0714. The molecule has 0 bridgehead atoms. The Labute approximate surface area is 120 Å². The smallest absolute Gasteiger partial charge is 0.241 e. The molecule has 0 unspecified atom stereocenters. The lowest BCUT2D eigenvalue weighted by molar-refractivity contribution is 0.0492. The quantitative estimate of drug-likeness (QED) is 0.918. The van der Waals surface area contributed by atoms with E-state index in [1.54, 1.807) is 6.07 Å². The van der Waals surface area contributed by atoms with Gasteiger partial charge in [-0.25, -0.2) is 13.6 Å². The lowest BCUT2D eigenvalue weighted by atomic mass is 10.0. The number of hydrogen-bond acceptors (Lipinski definition) is 4. The van der Waals surface area contributed by atoms with E-state index in [2.05, 4.69) is 0 Å². The second-order valence-electron chi connectivity index (χ2n) is 5.32. The van der Waals surface area contributed by atoms with Crippen LogP contribution in [0.25, 0.3) is 0 Å². The van der Waals surface area contributed by atoms with Gasteiger partial charge in [0.15, 0.2) is 0 Å². The maximum Gasteiger partial charge on any atom is 0.241 e. The lowest BCUT2D eigenvalue weighted by Crippen LogP contribution is -2.23. The molecule has 6 heteroatoms. The van der Waals surface area contributed by atoms with Crippen LogP contribution in [-0.4, -0.2) is 28.2 Å². The fourth-order valence-corrected chi connectivity index (χ4v) is 3.25. The summed E-state index contributed by atoms with van der Waals surface area (Å²) in [6, 6.07) is 3.45. The van der Waals surface area contributed by atoms with E-state index in [0.717, 1.165) is 37.2 Å². The molecule has 0 aliphatic carbocycles. The molecule has 1 fully saturated rings. The molecular formula is C14H21NO4S. The first-order valence-electron chi connectivity index (χ1n) is 6.72. The minimum atomic E-state index is -3.78. The summed E-state index contributed by atoms with van der Waals surface area (Å²) in [6.45, 7) is 5.65. The Kier molecular flexibility index (Phi) is 4.67. The van der Waals surface area contributed by atoms with Crippen molar-refractivity contribution < 1.29 is 17.9 Å². The van der Waals surface area contributed by atoms with Crippen LogP contribution in [0, 0.1) is 19.8 Å². The van der Waals surface area contributed by atoms with Crippen LogP contribution in [-0.2, 0) is 14.8 Å². The summed E-state index contributed by atoms with van der Waals surface area (Å²) in [5, 5.41) is 5.28. The van der Waals surface area contributed by atoms with Gasteiger partial charge in [0.1, 0.15) is 10.6 Å². The van der Waals surface area contributed by atoms with Crippen molar-refractivity contribution in [3.8, 4) is 5.75 Å². The molecule has 0 amide bonds. The summed E-state index contributed by atoms with van der Waals surface area (Å²) in [6.07, 6.45) is 1.88. The molecule has 5 nitrogen and oxygen atoms in total. The standard InChI is InChI=1S/C14H21NO4S/c1-10-7-11(2)14(13(8-10)20(15,16)17)19-9-12-3-5-18-6-4-12/h7-8,12H,3-6,9H2,1-2H3,(H2,15,16,17). The Morgan fingerprint density at radius 3 is 2.55 bits per heavy atom. The molecule has 0 spiro atoms. The van der Waals surface area contributed by atoms with Gasteiger partial charge < -0.3 is 9.47 Å². The number of ether oxygens (including phenoxy) is 2. The van der Waals surface area contributed by atoms with Crippen molar-refractivity contribution in [2.45, 2.75) is 31.6 Å². The zero-order chi connectivity index (χ0) is 14.8. The minimum Gasteiger partial charge on any atom is -0.492 e. The molecule has 1 aromatic rings. The third-order valence-corrected chi connectivity index (χ3v) is 4.41. The highest BCUT2D eigenvalue weighted by molar-refractivity contribution is 7.89. The SMILES string of the molecule is Cc1cc(C)c(OCC2CCOCC2)c(S(N)(=O)=O)c1. The highest BCUT2D eigenvalue weighted by atomic mass is 32.2. The maximum atomic E-state index is 11.7. The van der Waals surface area contributed by atoms with Gasteiger partial charge >= 0.3 is 0 Å². The molecule has 0 aromatic heterocycles. The summed E-state index contributed by atoms with van der Waals surface area (Å²) in [4.78, 5) is 0.0714. The summed E-state index contributed by atoms with van der Waals surface area (Å²) in [7, 11) is -3.78. The van der Waals surface area contributed by atoms with Gasteiger partial charge in [-0.05, 0) is 49.8 Å². The predicted octanol–water partition coefficient (Wildman–Crippen LogP) is 1.76. The number of hydrogen-bond donors (Lipinski definition) is 1. The van der Waals surface area contributed by atoms with Crippen LogP contribution in [0.4, 0.5) is 0 Å². The van der Waals surface area contributed by atoms with Gasteiger partial charge in [-0.15, -0.1) is 0 Å². The largest absolute Gasteiger partial charge is 0.492 e. The number of primary sulfonamides is 1. The lowest BCUT2D eigenvalue weighted by Gasteiger charge is -2.23. The molecule has 20 heavy (non-hydrogen) atoms. The summed E-state index contributed by atoms with van der Waals surface area (Å²) >= 11 is 0. The van der Waals surface area contributed by atoms with Gasteiger partial charge in [-0.1, -0.05) is 6.07 Å². The van der Waals surface area contributed by atoms with Crippen LogP contribution in [0.5, 0.6) is 5.75 Å². The van der Waals surface area contributed by atoms with Crippen molar-refractivity contribution >= 4 is 10.0 Å². The van der Waals surface area contributed by atoms with Gasteiger partial charge in [0.05, 0.1) is 6.61 Å². The number of sulfonamides is 1. The Hall–Kier alpha value is -1.11. The monoisotopic (exact) mass is 299 g/mol. The van der Waals surface area contributed by atoms with E-state index in [4.69, 9.17) is 14.6 Å². The van der Waals surface area contributed by atoms with Crippen LogP contribution >= 0.6 is 0 Å². The van der Waals surface area contributed by atoms with Crippen molar-refractivity contribution in [1.82, 2.24) is 0 Å². The zero-order valence-electron chi connectivity index (χ0n) is 11.9. The summed E-state index contributed by atoms with van der Waals surface area (Å²) in [5.74, 6) is 0.780. The van der Waals surface area contributed by atoms with Crippen LogP contribution in [0.1, 0.15) is 24.0 Å². The van der Waals surface area contributed by atoms with Gasteiger partial charge in [-0.2, -0.15) is 0 Å². The molecule has 2 N–H and O–H groups in total. The highest BCUT2D eigenvalue weighted by Crippen LogP contribution is 2.29. The number of benzene rings is 1. The highest BCUT2D eigenvalue weighted by Gasteiger charge is 2.20. The normalized spacial score (nSPS) is 17.1. The van der Waals surface area contributed by atoms with E-state index in [1.165, 1.54) is 0 Å². The van der Waals surface area contributed by atoms with Gasteiger partial charge in [0.2, 0.25) is 10.0 Å². The molecule has 1 aliphatic rings. The second kappa shape index (κ2) is 6.11. The average Bonchev–Trinajstić information content (AvgIpc) is 2.37. The molecule has 0 saturated carbocycles. The van der Waals surface area contributed by atoms with E-state index in [-0.39, 0.29) is 4.90 Å². The number of rotatable bonds is 4. The first-order valence-corrected chi connectivity index (χ1v) is 8.27. The third-order valence-electron chi connectivity index (χ3n) is 3.50. The Bertz CT molecular complexity index is 577. The summed E-state index contributed by atoms with van der Waals surface area (Å²) < 4.78 is 34.4. The molecule has 112 valence electrons. The molecule has 0 radical (unpaired) electrons. The van der Waals surface area contributed by atoms with Crippen LogP contribution in [0.15, 0.2) is 17.0 Å². The molecular weight excluding hydrogens is 278 g/mol. The average molecular weight is 299 g/mol. The maximum absolute atomic E-state index is 11.7. The summed E-state index contributed by atoms with van der Waals surface area (Å²) in [5.41, 5.74) is 1.64. The van der Waals surface area contributed by atoms with Gasteiger partial charge in [0.25, 0.3) is 0 Å². The fraction of sp³-hybridized carbons (Fsp3) is 0.571. The first kappa shape index (κ1) is 15.3. The topological polar surface area (TPSA) is 78.6 Å². The zero-order valence-corrected chi connectivity index (χ0v) is 12.7. The van der Waals surface area contributed by atoms with E-state index in [9.17, 15) is 8.42 Å². The molecule has 1 aromatic carbocycles. The molecule has 2 rings (SSSR count). The van der Waals surface area contributed by atoms with E-state index in [1.807, 2.05) is 19.9 Å². The van der Waals surface area contributed by atoms with E-state index in [0.29, 0.717) is 18.3 Å². The van der Waals surface area contributed by atoms with E-state index < -0.39 is 10.0 Å². The van der Waals surface area contributed by atoms with Crippen molar-refractivity contribution in [2.24, 2.45) is 11.1 Å². The van der Waals surface area contributed by atoms with Crippen LogP contribution in [0.3, 0.4) is 0 Å². The van der Waals surface area contributed by atoms with E-state index >= 15 is 0 Å². The molecule has 1 aliphatic heterocycles. The number of nitrogens with two attached hydrogens (primary N) is 1. The third kappa shape index (κ3) is 3.71. The second-order valence-corrected chi connectivity index (χ2v) is 6.85. The predicted molar refractivity (Wildman–Crippen MR) is 76.3 cm³/mol. The Morgan fingerprint density at radius 2 is 1.95 bits per heavy atom. The molecule has 1 heterocycles. The first-order chi connectivity index (χ1) is 9.38. The molecule has 1 saturated heterocycles. The van der Waals surface area contributed by atoms with Crippen molar-refractivity contribution in [3.05, 3.63) is 23.3 Å². The fourth-order valence-electron chi connectivity index (χ4n) is 2.43. The van der Waals surface area contributed by atoms with Gasteiger partial charge in [0, 0.05) is 13.2 Å². The number of aryl methyl sites for hydroxylation is 2. The Balaban J connectivity index is 2.21.